The second kappa shape index (κ2) is 6.10. The molecule has 1 atom stereocenters. The maximum absolute atomic E-state index is 13.8. The summed E-state index contributed by atoms with van der Waals surface area (Å²) in [5.41, 5.74) is 1.21. The quantitative estimate of drug-likeness (QED) is 0.921. The second-order valence-corrected chi connectivity index (χ2v) is 6.53. The third-order valence-corrected chi connectivity index (χ3v) is 3.96. The predicted octanol–water partition coefficient (Wildman–Crippen LogP) is 2.65. The molecule has 1 aliphatic rings. The molecule has 0 amide bonds. The number of benzene rings is 1. The molecule has 0 aromatic heterocycles. The number of methoxy groups -OCH3 is 1. The summed E-state index contributed by atoms with van der Waals surface area (Å²) in [6.07, 6.45) is 0. The zero-order valence-electron chi connectivity index (χ0n) is 12.9. The molecule has 1 unspecified atom stereocenters. The summed E-state index contributed by atoms with van der Waals surface area (Å²) >= 11 is 0. The lowest BCUT2D eigenvalue weighted by Crippen LogP contribution is -2.56. The highest BCUT2D eigenvalue weighted by molar-refractivity contribution is 5.29. The lowest BCUT2D eigenvalue weighted by molar-refractivity contribution is 0.0688. The van der Waals surface area contributed by atoms with E-state index in [0.717, 1.165) is 31.7 Å². The summed E-state index contributed by atoms with van der Waals surface area (Å²) < 4.78 is 18.7. The standard InChI is InChI=1S/C16H25FN2O/c1-16(2,3)15-10-18-7-8-19(15)11-12-5-6-14(20-4)13(17)9-12/h5-6,9,15,18H,7-8,10-11H2,1-4H3. The smallest absolute Gasteiger partial charge is 0.165 e. The molecule has 0 aliphatic carbocycles. The fraction of sp³-hybridized carbons (Fsp3) is 0.625. The highest BCUT2D eigenvalue weighted by Gasteiger charge is 2.32. The number of hydrogen-bond acceptors (Lipinski definition) is 3. The van der Waals surface area contributed by atoms with Gasteiger partial charge in [0.1, 0.15) is 0 Å². The summed E-state index contributed by atoms with van der Waals surface area (Å²) in [4.78, 5) is 2.44. The molecular formula is C16H25FN2O. The van der Waals surface area contributed by atoms with Gasteiger partial charge in [0.2, 0.25) is 0 Å². The van der Waals surface area contributed by atoms with E-state index < -0.39 is 0 Å². The Labute approximate surface area is 121 Å². The topological polar surface area (TPSA) is 24.5 Å². The van der Waals surface area contributed by atoms with Gasteiger partial charge in [-0.15, -0.1) is 0 Å². The Morgan fingerprint density at radius 3 is 2.75 bits per heavy atom. The molecule has 1 aromatic carbocycles. The molecule has 20 heavy (non-hydrogen) atoms. The van der Waals surface area contributed by atoms with Crippen molar-refractivity contribution in [3.05, 3.63) is 29.6 Å². The Balaban J connectivity index is 2.12. The lowest BCUT2D eigenvalue weighted by Gasteiger charge is -2.43. The molecule has 1 heterocycles. The first-order valence-electron chi connectivity index (χ1n) is 7.19. The summed E-state index contributed by atoms with van der Waals surface area (Å²) in [5.74, 6) is 0.0221. The van der Waals surface area contributed by atoms with Crippen molar-refractivity contribution < 1.29 is 9.13 Å². The summed E-state index contributed by atoms with van der Waals surface area (Å²) in [7, 11) is 1.49. The zero-order valence-corrected chi connectivity index (χ0v) is 12.9. The van der Waals surface area contributed by atoms with E-state index >= 15 is 0 Å². The van der Waals surface area contributed by atoms with Crippen LogP contribution in [0.15, 0.2) is 18.2 Å². The van der Waals surface area contributed by atoms with Gasteiger partial charge in [-0.3, -0.25) is 4.90 Å². The Morgan fingerprint density at radius 1 is 1.40 bits per heavy atom. The van der Waals surface area contributed by atoms with E-state index in [1.165, 1.54) is 7.11 Å². The van der Waals surface area contributed by atoms with Crippen LogP contribution in [-0.2, 0) is 6.54 Å². The molecule has 1 N–H and O–H groups in total. The van der Waals surface area contributed by atoms with Crippen LogP contribution in [0.4, 0.5) is 4.39 Å². The summed E-state index contributed by atoms with van der Waals surface area (Å²) in [6.45, 7) is 10.5. The fourth-order valence-corrected chi connectivity index (χ4v) is 2.83. The third kappa shape index (κ3) is 3.49. The Bertz CT molecular complexity index is 456. The van der Waals surface area contributed by atoms with Gasteiger partial charge in [-0.05, 0) is 23.1 Å². The second-order valence-electron chi connectivity index (χ2n) is 6.53. The largest absolute Gasteiger partial charge is 0.494 e. The van der Waals surface area contributed by atoms with Gasteiger partial charge in [0, 0.05) is 32.2 Å². The van der Waals surface area contributed by atoms with Crippen LogP contribution in [0.3, 0.4) is 0 Å². The van der Waals surface area contributed by atoms with E-state index in [1.54, 1.807) is 12.1 Å². The molecule has 2 rings (SSSR count). The predicted molar refractivity (Wildman–Crippen MR) is 79.5 cm³/mol. The fourth-order valence-electron chi connectivity index (χ4n) is 2.83. The normalized spacial score (nSPS) is 20.9. The van der Waals surface area contributed by atoms with Crippen molar-refractivity contribution in [3.63, 3.8) is 0 Å². The maximum Gasteiger partial charge on any atom is 0.165 e. The van der Waals surface area contributed by atoms with Crippen molar-refractivity contribution >= 4 is 0 Å². The van der Waals surface area contributed by atoms with E-state index in [4.69, 9.17) is 4.74 Å². The molecule has 1 saturated heterocycles. The number of nitrogens with zero attached hydrogens (tertiary/aromatic N) is 1. The SMILES string of the molecule is COc1ccc(CN2CCNCC2C(C)(C)C)cc1F. The van der Waals surface area contributed by atoms with E-state index in [1.807, 2.05) is 6.07 Å². The van der Waals surface area contributed by atoms with Crippen LogP contribution in [0.2, 0.25) is 0 Å². The molecule has 1 aromatic rings. The van der Waals surface area contributed by atoms with Gasteiger partial charge in [0.25, 0.3) is 0 Å². The van der Waals surface area contributed by atoms with Crippen molar-refractivity contribution in [2.75, 3.05) is 26.7 Å². The Kier molecular flexibility index (Phi) is 4.66. The van der Waals surface area contributed by atoms with Crippen LogP contribution < -0.4 is 10.1 Å². The molecule has 4 heteroatoms. The number of ether oxygens (including phenoxy) is 1. The number of hydrogen-bond donors (Lipinski definition) is 1. The maximum atomic E-state index is 13.8. The molecule has 0 bridgehead atoms. The van der Waals surface area contributed by atoms with Crippen LogP contribution in [0.5, 0.6) is 5.75 Å². The first kappa shape index (κ1) is 15.3. The monoisotopic (exact) mass is 280 g/mol. The molecule has 0 saturated carbocycles. The Hall–Kier alpha value is -1.13. The molecule has 0 radical (unpaired) electrons. The van der Waals surface area contributed by atoms with Crippen LogP contribution in [0.1, 0.15) is 26.3 Å². The average Bonchev–Trinajstić information content (AvgIpc) is 2.38. The van der Waals surface area contributed by atoms with Crippen molar-refractivity contribution in [1.29, 1.82) is 0 Å². The van der Waals surface area contributed by atoms with Crippen LogP contribution in [-0.4, -0.2) is 37.7 Å². The number of nitrogens with one attached hydrogen (secondary N) is 1. The van der Waals surface area contributed by atoms with Gasteiger partial charge >= 0.3 is 0 Å². The van der Waals surface area contributed by atoms with Gasteiger partial charge in [-0.25, -0.2) is 4.39 Å². The number of rotatable bonds is 3. The van der Waals surface area contributed by atoms with Crippen molar-refractivity contribution in [3.8, 4) is 5.75 Å². The Morgan fingerprint density at radius 2 is 2.15 bits per heavy atom. The van der Waals surface area contributed by atoms with Crippen LogP contribution >= 0.6 is 0 Å². The third-order valence-electron chi connectivity index (χ3n) is 3.96. The summed E-state index contributed by atoms with van der Waals surface area (Å²) in [5, 5.41) is 3.45. The zero-order chi connectivity index (χ0) is 14.8. The summed E-state index contributed by atoms with van der Waals surface area (Å²) in [6, 6.07) is 5.70. The van der Waals surface area contributed by atoms with E-state index in [2.05, 4.69) is 31.0 Å². The van der Waals surface area contributed by atoms with Gasteiger partial charge in [0.15, 0.2) is 11.6 Å². The molecule has 1 fully saturated rings. The molecule has 0 spiro atoms. The van der Waals surface area contributed by atoms with Crippen molar-refractivity contribution in [1.82, 2.24) is 10.2 Å². The van der Waals surface area contributed by atoms with E-state index in [-0.39, 0.29) is 11.2 Å². The molecule has 112 valence electrons. The van der Waals surface area contributed by atoms with Gasteiger partial charge < -0.3 is 10.1 Å². The van der Waals surface area contributed by atoms with Crippen LogP contribution in [0.25, 0.3) is 0 Å². The lowest BCUT2D eigenvalue weighted by atomic mass is 9.84. The molecule has 3 nitrogen and oxygen atoms in total. The minimum Gasteiger partial charge on any atom is -0.494 e. The van der Waals surface area contributed by atoms with E-state index in [9.17, 15) is 4.39 Å². The first-order valence-corrected chi connectivity index (χ1v) is 7.19. The highest BCUT2D eigenvalue weighted by atomic mass is 19.1. The molecule has 1 aliphatic heterocycles. The van der Waals surface area contributed by atoms with Gasteiger partial charge in [-0.2, -0.15) is 0 Å². The first-order chi connectivity index (χ1) is 9.41. The number of piperazine rings is 1. The number of halogens is 1. The average molecular weight is 280 g/mol. The van der Waals surface area contributed by atoms with Crippen molar-refractivity contribution in [2.24, 2.45) is 5.41 Å². The minimum absolute atomic E-state index is 0.207. The van der Waals surface area contributed by atoms with E-state index in [0.29, 0.717) is 11.8 Å². The van der Waals surface area contributed by atoms with Gasteiger partial charge in [0.05, 0.1) is 7.11 Å². The van der Waals surface area contributed by atoms with Crippen LogP contribution in [0, 0.1) is 11.2 Å². The molecular weight excluding hydrogens is 255 g/mol. The highest BCUT2D eigenvalue weighted by Crippen LogP contribution is 2.27. The van der Waals surface area contributed by atoms with Gasteiger partial charge in [-0.1, -0.05) is 26.8 Å². The minimum atomic E-state index is -0.285. The van der Waals surface area contributed by atoms with Crippen molar-refractivity contribution in [2.45, 2.75) is 33.4 Å².